The highest BCUT2D eigenvalue weighted by Crippen LogP contribution is 2.23. The lowest BCUT2D eigenvalue weighted by atomic mass is 10.0. The van der Waals surface area contributed by atoms with Crippen LogP contribution in [0.5, 0.6) is 0 Å². The lowest BCUT2D eigenvalue weighted by molar-refractivity contribution is -0.894. The quantitative estimate of drug-likeness (QED) is 0.474. The lowest BCUT2D eigenvalue weighted by Gasteiger charge is -2.39. The Hall–Kier alpha value is -4.20. The molecule has 40 heavy (non-hydrogen) atoms. The van der Waals surface area contributed by atoms with Crippen LogP contribution in [0.3, 0.4) is 0 Å². The number of nitrogens with one attached hydrogen (secondary N) is 1. The number of rotatable bonds is 6. The number of nitrogens with zero attached hydrogens (tertiary/aromatic N) is 3. The number of nitriles is 1. The van der Waals surface area contributed by atoms with Gasteiger partial charge in [-0.3, -0.25) is 9.69 Å². The van der Waals surface area contributed by atoms with Gasteiger partial charge in [-0.05, 0) is 52.6 Å². The van der Waals surface area contributed by atoms with Gasteiger partial charge in [0.05, 0.1) is 38.8 Å². The van der Waals surface area contributed by atoms with Crippen LogP contribution in [0.4, 0.5) is 13.2 Å². The molecular weight excluding hydrogens is 521 g/mol. The summed E-state index contributed by atoms with van der Waals surface area (Å²) >= 11 is 0. The number of aliphatic carboxylic acids is 1. The number of halogens is 3. The number of piperazine rings is 1. The van der Waals surface area contributed by atoms with Crippen molar-refractivity contribution in [3.05, 3.63) is 95.1 Å². The van der Waals surface area contributed by atoms with Crippen LogP contribution < -0.4 is 10.4 Å². The second kappa shape index (κ2) is 13.2. The highest BCUT2D eigenvalue weighted by molar-refractivity contribution is 5.94. The third kappa shape index (κ3) is 9.22. The maximum atomic E-state index is 12.5. The number of hydrogen-bond acceptors (Lipinski definition) is 5. The van der Waals surface area contributed by atoms with Crippen LogP contribution in [0, 0.1) is 11.3 Å². The Labute approximate surface area is 231 Å². The first-order valence-electron chi connectivity index (χ1n) is 12.7. The van der Waals surface area contributed by atoms with Crippen LogP contribution in [0.15, 0.2) is 72.8 Å². The summed E-state index contributed by atoms with van der Waals surface area (Å²) in [7, 11) is 4.60. The summed E-state index contributed by atoms with van der Waals surface area (Å²) in [6, 6.07) is 25.9. The summed E-state index contributed by atoms with van der Waals surface area (Å²) in [6.45, 7) is 6.05. The predicted octanol–water partition coefficient (Wildman–Crippen LogP) is 3.35. The van der Waals surface area contributed by atoms with Gasteiger partial charge in [-0.25, -0.2) is 0 Å². The van der Waals surface area contributed by atoms with E-state index in [2.05, 4.69) is 66.8 Å². The molecule has 10 heteroatoms. The molecule has 1 N–H and O–H groups in total. The fourth-order valence-electron chi connectivity index (χ4n) is 4.19. The van der Waals surface area contributed by atoms with Crippen molar-refractivity contribution >= 4 is 11.9 Å². The number of carbonyl (C=O) groups excluding carboxylic acids is 2. The third-order valence-electron chi connectivity index (χ3n) is 6.57. The number of hydrogen-bond donors (Lipinski definition) is 1. The normalized spacial score (nSPS) is 14.8. The van der Waals surface area contributed by atoms with E-state index in [1.165, 1.54) is 24.2 Å². The molecular formula is C30H31F3N4O3. The van der Waals surface area contributed by atoms with Crippen molar-refractivity contribution in [2.45, 2.75) is 19.3 Å². The zero-order chi connectivity index (χ0) is 29.3. The molecule has 1 aliphatic heterocycles. The second-order valence-electron chi connectivity index (χ2n) is 10.2. The standard InChI is InChI=1S/C28H30N4O.C2HF3O2/c1-32(2)14-12-31(13-15-32)21-24-8-5-10-26(18-24)25-9-4-7-23(17-25)20-30-28(33)27-11-3-6-22(16-27)19-29;3-2(4,5)1(6)7/h3-11,16-18H,12-15,20-21H2,1-2H3;(H,6,7). The van der Waals surface area contributed by atoms with Gasteiger partial charge in [0.25, 0.3) is 5.91 Å². The Morgan fingerprint density at radius 1 is 0.950 bits per heavy atom. The summed E-state index contributed by atoms with van der Waals surface area (Å²) in [5.74, 6) is -3.18. The van der Waals surface area contributed by atoms with Gasteiger partial charge in [0.2, 0.25) is 0 Å². The minimum absolute atomic E-state index is 0.178. The van der Waals surface area contributed by atoms with Crippen LogP contribution in [-0.4, -0.2) is 67.7 Å². The summed E-state index contributed by atoms with van der Waals surface area (Å²) in [4.78, 5) is 23.8. The van der Waals surface area contributed by atoms with E-state index in [1.807, 2.05) is 12.1 Å². The number of quaternary nitrogens is 1. The average molecular weight is 553 g/mol. The van der Waals surface area contributed by atoms with Crippen molar-refractivity contribution in [1.82, 2.24) is 10.2 Å². The highest BCUT2D eigenvalue weighted by Gasteiger charge is 2.29. The van der Waals surface area contributed by atoms with E-state index >= 15 is 0 Å². The zero-order valence-electron chi connectivity index (χ0n) is 22.4. The van der Waals surface area contributed by atoms with Gasteiger partial charge in [-0.2, -0.15) is 18.4 Å². The summed E-state index contributed by atoms with van der Waals surface area (Å²) < 4.78 is 32.6. The van der Waals surface area contributed by atoms with Crippen molar-refractivity contribution in [3.8, 4) is 17.2 Å². The molecule has 3 aromatic rings. The first kappa shape index (κ1) is 30.3. The molecule has 1 aliphatic rings. The lowest BCUT2D eigenvalue weighted by Crippen LogP contribution is -2.54. The van der Waals surface area contributed by atoms with Gasteiger partial charge in [0, 0.05) is 31.7 Å². The van der Waals surface area contributed by atoms with Crippen molar-refractivity contribution in [3.63, 3.8) is 0 Å². The molecule has 1 heterocycles. The first-order valence-corrected chi connectivity index (χ1v) is 12.7. The number of alkyl halides is 3. The molecule has 0 aromatic heterocycles. The third-order valence-corrected chi connectivity index (χ3v) is 6.57. The predicted molar refractivity (Wildman–Crippen MR) is 142 cm³/mol. The maximum Gasteiger partial charge on any atom is 0.430 e. The van der Waals surface area contributed by atoms with E-state index in [-0.39, 0.29) is 5.91 Å². The van der Waals surface area contributed by atoms with Gasteiger partial charge in [-0.1, -0.05) is 42.5 Å². The smallest absolute Gasteiger partial charge is 0.430 e. The summed E-state index contributed by atoms with van der Waals surface area (Å²) in [5, 5.41) is 20.8. The molecule has 0 atom stereocenters. The van der Waals surface area contributed by atoms with Crippen LogP contribution in [-0.2, 0) is 17.9 Å². The highest BCUT2D eigenvalue weighted by atomic mass is 19.4. The topological polar surface area (TPSA) is 96.3 Å². The second-order valence-corrected chi connectivity index (χ2v) is 10.2. The molecule has 210 valence electrons. The van der Waals surface area contributed by atoms with E-state index in [1.54, 1.807) is 24.3 Å². The van der Waals surface area contributed by atoms with Gasteiger partial charge in [0.1, 0.15) is 5.97 Å². The fourth-order valence-corrected chi connectivity index (χ4v) is 4.19. The number of benzene rings is 3. The number of likely N-dealkylation sites (N-methyl/N-ethyl adjacent to an activating group) is 1. The van der Waals surface area contributed by atoms with E-state index in [4.69, 9.17) is 15.2 Å². The number of carbonyl (C=O) groups is 2. The Morgan fingerprint density at radius 3 is 2.08 bits per heavy atom. The molecule has 1 fully saturated rings. The largest absolute Gasteiger partial charge is 0.542 e. The molecule has 0 saturated carbocycles. The fraction of sp³-hybridized carbons (Fsp3) is 0.300. The Balaban J connectivity index is 0.000000559. The van der Waals surface area contributed by atoms with Gasteiger partial charge < -0.3 is 19.7 Å². The maximum absolute atomic E-state index is 12.5. The summed E-state index contributed by atoms with van der Waals surface area (Å²) in [6.07, 6.45) is -5.19. The van der Waals surface area contributed by atoms with E-state index < -0.39 is 12.1 Å². The molecule has 0 bridgehead atoms. The van der Waals surface area contributed by atoms with E-state index in [9.17, 15) is 18.0 Å². The summed E-state index contributed by atoms with van der Waals surface area (Å²) in [5.41, 5.74) is 5.69. The monoisotopic (exact) mass is 552 g/mol. The molecule has 3 aromatic carbocycles. The molecule has 7 nitrogen and oxygen atoms in total. The van der Waals surface area contributed by atoms with Crippen LogP contribution >= 0.6 is 0 Å². The number of amides is 1. The average Bonchev–Trinajstić information content (AvgIpc) is 2.93. The molecule has 4 rings (SSSR count). The van der Waals surface area contributed by atoms with Crippen molar-refractivity contribution in [2.75, 3.05) is 40.3 Å². The van der Waals surface area contributed by atoms with E-state index in [0.717, 1.165) is 35.2 Å². The molecule has 0 radical (unpaired) electrons. The first-order chi connectivity index (χ1) is 18.9. The minimum atomic E-state index is -5.19. The van der Waals surface area contributed by atoms with Crippen LogP contribution in [0.25, 0.3) is 11.1 Å². The van der Waals surface area contributed by atoms with Gasteiger partial charge in [0.15, 0.2) is 0 Å². The van der Waals surface area contributed by atoms with Crippen LogP contribution in [0.1, 0.15) is 27.0 Å². The van der Waals surface area contributed by atoms with E-state index in [0.29, 0.717) is 17.7 Å². The molecule has 0 aliphatic carbocycles. The van der Waals surface area contributed by atoms with Crippen molar-refractivity contribution in [2.24, 2.45) is 0 Å². The Bertz CT molecular complexity index is 1370. The molecule has 0 unspecified atom stereocenters. The van der Waals surface area contributed by atoms with Crippen LogP contribution in [0.2, 0.25) is 0 Å². The molecule has 1 saturated heterocycles. The number of carboxylic acids is 1. The van der Waals surface area contributed by atoms with Gasteiger partial charge in [-0.15, -0.1) is 0 Å². The SMILES string of the molecule is C[N+]1(C)CCN(Cc2cccc(-c3cccc(CNC(=O)c4cccc(C#N)c4)c3)c2)CC1.O=C([O-])C(F)(F)F. The van der Waals surface area contributed by atoms with Crippen molar-refractivity contribution in [1.29, 1.82) is 5.26 Å². The zero-order valence-corrected chi connectivity index (χ0v) is 22.4. The Kier molecular flexibility index (Phi) is 10.0. The minimum Gasteiger partial charge on any atom is -0.542 e. The molecule has 0 spiro atoms. The van der Waals surface area contributed by atoms with Gasteiger partial charge >= 0.3 is 6.18 Å². The number of carboxylic acid groups (broad SMARTS) is 1. The van der Waals surface area contributed by atoms with Crippen molar-refractivity contribution < 1.29 is 32.3 Å². The Morgan fingerprint density at radius 2 is 1.50 bits per heavy atom. The molecule has 1 amide bonds.